The van der Waals surface area contributed by atoms with Gasteiger partial charge in [0.05, 0.1) is 15.4 Å². The Kier molecular flexibility index (Phi) is 5.82. The Morgan fingerprint density at radius 1 is 1.03 bits per heavy atom. The molecular weight excluding hydrogens is 464 g/mol. The van der Waals surface area contributed by atoms with Crippen molar-refractivity contribution in [2.24, 2.45) is 0 Å². The van der Waals surface area contributed by atoms with E-state index in [-0.39, 0.29) is 33.3 Å². The molecule has 0 unspecified atom stereocenters. The van der Waals surface area contributed by atoms with Crippen LogP contribution in [0.15, 0.2) is 83.5 Å². The molecule has 12 heteroatoms. The number of hydrogen-bond acceptors (Lipinski definition) is 8. The van der Waals surface area contributed by atoms with Crippen LogP contribution >= 0.6 is 0 Å². The number of carbonyl (C=O) groups excluding carboxylic acids is 2. The lowest BCUT2D eigenvalue weighted by atomic mass is 10.1. The minimum absolute atomic E-state index is 0.0158. The fourth-order valence-electron chi connectivity index (χ4n) is 3.25. The molecule has 0 fully saturated rings. The van der Waals surface area contributed by atoms with E-state index >= 15 is 0 Å². The maximum absolute atomic E-state index is 13.1. The number of nitro benzene ring substituents is 1. The SMILES string of the molecule is CN1C(C(=O)Nc2ccccn2)=C(OC(=O)c2ccc([N+](=O)[O-])cc2)c2ccccc2S1(=O)=O. The molecule has 1 aliphatic rings. The number of amides is 1. The van der Waals surface area contributed by atoms with E-state index in [1.807, 2.05) is 0 Å². The number of esters is 1. The average Bonchev–Trinajstić information content (AvgIpc) is 2.83. The van der Waals surface area contributed by atoms with E-state index in [2.05, 4.69) is 10.3 Å². The molecule has 172 valence electrons. The van der Waals surface area contributed by atoms with Crippen LogP contribution in [0.4, 0.5) is 11.5 Å². The van der Waals surface area contributed by atoms with Gasteiger partial charge in [-0.2, -0.15) is 0 Å². The summed E-state index contributed by atoms with van der Waals surface area (Å²) >= 11 is 0. The van der Waals surface area contributed by atoms with Gasteiger partial charge in [-0.3, -0.25) is 19.2 Å². The summed E-state index contributed by atoms with van der Waals surface area (Å²) in [4.78, 5) is 40.1. The van der Waals surface area contributed by atoms with Crippen molar-refractivity contribution >= 4 is 39.2 Å². The van der Waals surface area contributed by atoms with Crippen molar-refractivity contribution in [3.8, 4) is 0 Å². The molecule has 0 spiro atoms. The van der Waals surface area contributed by atoms with Crippen LogP contribution in [0.2, 0.25) is 0 Å². The summed E-state index contributed by atoms with van der Waals surface area (Å²) in [6.45, 7) is 0. The molecule has 4 rings (SSSR count). The summed E-state index contributed by atoms with van der Waals surface area (Å²) in [6, 6.07) is 15.2. The number of non-ortho nitro benzene ring substituents is 1. The van der Waals surface area contributed by atoms with Crippen molar-refractivity contribution in [3.05, 3.63) is 99.9 Å². The van der Waals surface area contributed by atoms with Crippen LogP contribution in [-0.4, -0.2) is 41.6 Å². The van der Waals surface area contributed by atoms with Crippen LogP contribution in [-0.2, 0) is 19.6 Å². The standard InChI is InChI=1S/C22H16N4O7S/c1-25-19(21(27)24-18-8-4-5-13-23-18)20(16-6-2-3-7-17(16)34(25,31)32)33-22(28)14-9-11-15(12-10-14)26(29)30/h2-13H,1H3,(H,23,24,27). The molecule has 0 saturated carbocycles. The Hall–Kier alpha value is -4.58. The molecule has 0 saturated heterocycles. The molecule has 2 heterocycles. The summed E-state index contributed by atoms with van der Waals surface area (Å²) in [6.07, 6.45) is 1.44. The molecular formula is C22H16N4O7S. The summed E-state index contributed by atoms with van der Waals surface area (Å²) < 4.78 is 32.4. The van der Waals surface area contributed by atoms with Crippen LogP contribution < -0.4 is 5.32 Å². The first-order valence-electron chi connectivity index (χ1n) is 9.72. The number of rotatable bonds is 5. The zero-order valence-electron chi connectivity index (χ0n) is 17.5. The zero-order valence-corrected chi connectivity index (χ0v) is 18.4. The predicted molar refractivity (Wildman–Crippen MR) is 120 cm³/mol. The number of fused-ring (bicyclic) bond motifs is 1. The molecule has 34 heavy (non-hydrogen) atoms. The van der Waals surface area contributed by atoms with Crippen molar-refractivity contribution in [1.29, 1.82) is 0 Å². The highest BCUT2D eigenvalue weighted by atomic mass is 32.2. The highest BCUT2D eigenvalue weighted by Gasteiger charge is 2.39. The van der Waals surface area contributed by atoms with Crippen LogP contribution in [0.1, 0.15) is 15.9 Å². The predicted octanol–water partition coefficient (Wildman–Crippen LogP) is 2.79. The quantitative estimate of drug-likeness (QED) is 0.333. The van der Waals surface area contributed by atoms with Crippen molar-refractivity contribution < 1.29 is 27.7 Å². The van der Waals surface area contributed by atoms with Crippen molar-refractivity contribution in [3.63, 3.8) is 0 Å². The normalized spacial score (nSPS) is 14.2. The van der Waals surface area contributed by atoms with Gasteiger partial charge >= 0.3 is 5.97 Å². The zero-order chi connectivity index (χ0) is 24.5. The number of sulfonamides is 1. The minimum atomic E-state index is -4.13. The first kappa shape index (κ1) is 22.6. The van der Waals surface area contributed by atoms with Gasteiger partial charge in [-0.15, -0.1) is 0 Å². The number of pyridine rings is 1. The Balaban J connectivity index is 1.81. The lowest BCUT2D eigenvalue weighted by Crippen LogP contribution is -2.38. The second kappa shape index (κ2) is 8.75. The molecule has 1 N–H and O–H groups in total. The van der Waals surface area contributed by atoms with Gasteiger partial charge < -0.3 is 10.1 Å². The molecule has 0 bridgehead atoms. The van der Waals surface area contributed by atoms with E-state index in [4.69, 9.17) is 4.74 Å². The Bertz CT molecular complexity index is 1440. The highest BCUT2D eigenvalue weighted by molar-refractivity contribution is 7.89. The fraction of sp³-hybridized carbons (Fsp3) is 0.0455. The summed E-state index contributed by atoms with van der Waals surface area (Å²) in [5.74, 6) is -1.93. The first-order chi connectivity index (χ1) is 16.2. The molecule has 0 aliphatic carbocycles. The summed E-state index contributed by atoms with van der Waals surface area (Å²) in [7, 11) is -2.96. The molecule has 1 aromatic heterocycles. The highest BCUT2D eigenvalue weighted by Crippen LogP contribution is 2.37. The number of hydrogen-bond donors (Lipinski definition) is 1. The Morgan fingerprint density at radius 3 is 2.35 bits per heavy atom. The Labute approximate surface area is 193 Å². The molecule has 3 aromatic rings. The molecule has 1 amide bonds. The number of nitrogens with zero attached hydrogens (tertiary/aromatic N) is 3. The number of anilines is 1. The van der Waals surface area contributed by atoms with Crippen LogP contribution in [0.3, 0.4) is 0 Å². The van der Waals surface area contributed by atoms with Crippen molar-refractivity contribution in [2.45, 2.75) is 4.90 Å². The van der Waals surface area contributed by atoms with Gasteiger partial charge in [0.25, 0.3) is 21.6 Å². The third kappa shape index (κ3) is 4.09. The van der Waals surface area contributed by atoms with Gasteiger partial charge in [0, 0.05) is 30.9 Å². The topological polar surface area (TPSA) is 149 Å². The number of benzene rings is 2. The van der Waals surface area contributed by atoms with E-state index in [1.54, 1.807) is 12.1 Å². The molecule has 2 aromatic carbocycles. The van der Waals surface area contributed by atoms with E-state index in [0.717, 1.165) is 16.4 Å². The third-order valence-corrected chi connectivity index (χ3v) is 6.75. The van der Waals surface area contributed by atoms with E-state index in [1.165, 1.54) is 55.7 Å². The van der Waals surface area contributed by atoms with Gasteiger partial charge in [-0.1, -0.05) is 18.2 Å². The fourth-order valence-corrected chi connectivity index (χ4v) is 4.64. The number of aromatic nitrogens is 1. The van der Waals surface area contributed by atoms with Crippen LogP contribution in [0, 0.1) is 10.1 Å². The number of nitro groups is 1. The largest absolute Gasteiger partial charge is 0.420 e. The van der Waals surface area contributed by atoms with Gasteiger partial charge in [-0.05, 0) is 36.4 Å². The van der Waals surface area contributed by atoms with E-state index in [9.17, 15) is 28.1 Å². The maximum atomic E-state index is 13.1. The Morgan fingerprint density at radius 2 is 1.71 bits per heavy atom. The number of ether oxygens (including phenoxy) is 1. The van der Waals surface area contributed by atoms with Crippen molar-refractivity contribution in [1.82, 2.24) is 9.29 Å². The number of nitrogens with one attached hydrogen (secondary N) is 1. The smallest absolute Gasteiger partial charge is 0.343 e. The number of carbonyl (C=O) groups is 2. The molecule has 0 radical (unpaired) electrons. The maximum Gasteiger partial charge on any atom is 0.343 e. The average molecular weight is 480 g/mol. The van der Waals surface area contributed by atoms with Gasteiger partial charge in [0.1, 0.15) is 5.82 Å². The lowest BCUT2D eigenvalue weighted by Gasteiger charge is -2.30. The molecule has 1 aliphatic heterocycles. The van der Waals surface area contributed by atoms with Crippen molar-refractivity contribution in [2.75, 3.05) is 12.4 Å². The van der Waals surface area contributed by atoms with Gasteiger partial charge in [0.2, 0.25) is 0 Å². The van der Waals surface area contributed by atoms with Gasteiger partial charge in [0.15, 0.2) is 11.5 Å². The molecule has 11 nitrogen and oxygen atoms in total. The summed E-state index contributed by atoms with van der Waals surface area (Å²) in [5, 5.41) is 13.4. The summed E-state index contributed by atoms with van der Waals surface area (Å²) in [5.41, 5.74) is -0.669. The number of likely N-dealkylation sites (N-methyl/N-ethyl adjacent to an activating group) is 1. The first-order valence-corrected chi connectivity index (χ1v) is 11.2. The van der Waals surface area contributed by atoms with E-state index in [0.29, 0.717) is 0 Å². The third-order valence-electron chi connectivity index (χ3n) is 4.93. The van der Waals surface area contributed by atoms with E-state index < -0.39 is 32.5 Å². The molecule has 0 atom stereocenters. The van der Waals surface area contributed by atoms with Crippen LogP contribution in [0.5, 0.6) is 0 Å². The minimum Gasteiger partial charge on any atom is -0.420 e. The monoisotopic (exact) mass is 480 g/mol. The second-order valence-electron chi connectivity index (χ2n) is 7.01. The lowest BCUT2D eigenvalue weighted by molar-refractivity contribution is -0.384. The van der Waals surface area contributed by atoms with Crippen LogP contribution in [0.25, 0.3) is 5.76 Å². The van der Waals surface area contributed by atoms with Gasteiger partial charge in [-0.25, -0.2) is 18.2 Å². The second-order valence-corrected chi connectivity index (χ2v) is 8.95.